The van der Waals surface area contributed by atoms with E-state index in [4.69, 9.17) is 4.74 Å². The van der Waals surface area contributed by atoms with Crippen LogP contribution in [0.2, 0.25) is 4.71 Å². The molecule has 1 saturated heterocycles. The van der Waals surface area contributed by atoms with Gasteiger partial charge in [0.2, 0.25) is 0 Å². The third-order valence-electron chi connectivity index (χ3n) is 4.12. The fourth-order valence-electron chi connectivity index (χ4n) is 2.61. The molecule has 30 heavy (non-hydrogen) atoms. The molecule has 6 nitrogen and oxygen atoms in total. The van der Waals surface area contributed by atoms with E-state index in [2.05, 4.69) is 10.1 Å². The van der Waals surface area contributed by atoms with Crippen LogP contribution in [-0.2, 0) is 20.7 Å². The third kappa shape index (κ3) is 5.09. The molecule has 0 saturated carbocycles. The molecule has 1 N–H and O–H groups in total. The molecule has 10 heteroatoms. The number of halogens is 2. The predicted octanol–water partition coefficient (Wildman–Crippen LogP) is 3.22. The molecule has 0 spiro atoms. The SMILES string of the molecule is COC(=O)C([AsH2])Cc1ccc(Oc2ccc(/C=C3/SC(=O)NC3=O)cc2)c(F)c1F. The van der Waals surface area contributed by atoms with E-state index >= 15 is 0 Å². The molecule has 2 aromatic carbocycles. The van der Waals surface area contributed by atoms with Gasteiger partial charge in [-0.05, 0) is 11.8 Å². The van der Waals surface area contributed by atoms with Gasteiger partial charge in [-0.15, -0.1) is 0 Å². The molecule has 2 amide bonds. The first-order chi connectivity index (χ1) is 14.3. The number of ether oxygens (including phenoxy) is 2. The minimum absolute atomic E-state index is 0.0210. The quantitative estimate of drug-likeness (QED) is 0.377. The Kier molecular flexibility index (Phi) is 6.94. The maximum atomic E-state index is 14.4. The summed E-state index contributed by atoms with van der Waals surface area (Å²) >= 11 is 1.86. The molecule has 1 heterocycles. The van der Waals surface area contributed by atoms with Gasteiger partial charge in [-0.1, -0.05) is 0 Å². The standard InChI is InChI=1S/C20H16AsF2NO5S/c1-28-19(26)13(21)9-11-4-7-14(17(23)16(11)22)29-12-5-2-10(3-6-12)8-15-18(25)24-20(27)30-15/h2-8,13H,9,21H2,1H3,(H,24,25,27)/b15-8+. The summed E-state index contributed by atoms with van der Waals surface area (Å²) in [5.74, 6) is -3.21. The normalized spacial score (nSPS) is 15.8. The number of thioether (sulfide) groups is 1. The van der Waals surface area contributed by atoms with Gasteiger partial charge in [0, 0.05) is 0 Å². The van der Waals surface area contributed by atoms with Crippen molar-refractivity contribution in [2.45, 2.75) is 11.1 Å². The van der Waals surface area contributed by atoms with Crippen molar-refractivity contribution >= 4 is 51.8 Å². The molecular weight excluding hydrogens is 479 g/mol. The number of methoxy groups -OCH3 is 1. The van der Waals surface area contributed by atoms with Crippen molar-refractivity contribution in [3.63, 3.8) is 0 Å². The molecule has 3 rings (SSSR count). The Labute approximate surface area is 183 Å². The van der Waals surface area contributed by atoms with Crippen LogP contribution >= 0.6 is 11.8 Å². The number of nitrogens with one attached hydrogen (secondary N) is 1. The molecule has 0 bridgehead atoms. The summed E-state index contributed by atoms with van der Waals surface area (Å²) in [6, 6.07) is 8.95. The Morgan fingerprint density at radius 3 is 2.47 bits per heavy atom. The Morgan fingerprint density at radius 2 is 1.87 bits per heavy atom. The number of carbonyl (C=O) groups is 3. The molecule has 2 unspecified atom stereocenters. The second-order valence-corrected chi connectivity index (χ2v) is 8.91. The topological polar surface area (TPSA) is 81.7 Å². The maximum absolute atomic E-state index is 14.4. The van der Waals surface area contributed by atoms with Crippen LogP contribution in [-0.4, -0.2) is 41.1 Å². The molecule has 1 fully saturated rings. The van der Waals surface area contributed by atoms with Crippen LogP contribution in [0, 0.1) is 11.6 Å². The summed E-state index contributed by atoms with van der Waals surface area (Å²) < 4.78 is 38.3. The molecule has 1 aliphatic rings. The predicted molar refractivity (Wildman–Crippen MR) is 110 cm³/mol. The van der Waals surface area contributed by atoms with Gasteiger partial charge in [-0.2, -0.15) is 0 Å². The van der Waals surface area contributed by atoms with Crippen molar-refractivity contribution in [2.75, 3.05) is 7.11 Å². The van der Waals surface area contributed by atoms with Crippen LogP contribution in [0.3, 0.4) is 0 Å². The van der Waals surface area contributed by atoms with Gasteiger partial charge in [0.25, 0.3) is 11.1 Å². The van der Waals surface area contributed by atoms with Crippen molar-refractivity contribution in [1.82, 2.24) is 5.32 Å². The van der Waals surface area contributed by atoms with E-state index < -0.39 is 33.5 Å². The molecule has 1 aliphatic heterocycles. The Hall–Kier alpha value is -2.64. The summed E-state index contributed by atoms with van der Waals surface area (Å²) in [7, 11) is 1.24. The van der Waals surface area contributed by atoms with E-state index in [0.717, 1.165) is 28.6 Å². The first kappa shape index (κ1) is 22.1. The summed E-state index contributed by atoms with van der Waals surface area (Å²) in [5, 5.41) is 1.72. The van der Waals surface area contributed by atoms with Crippen molar-refractivity contribution in [3.05, 3.63) is 64.1 Å². The average Bonchev–Trinajstić information content (AvgIpc) is 3.04. The van der Waals surface area contributed by atoms with Crippen LogP contribution in [0.4, 0.5) is 13.6 Å². The van der Waals surface area contributed by atoms with E-state index in [1.54, 1.807) is 12.1 Å². The van der Waals surface area contributed by atoms with Gasteiger partial charge >= 0.3 is 141 Å². The second-order valence-electron chi connectivity index (χ2n) is 6.21. The number of esters is 1. The Balaban J connectivity index is 1.73. The van der Waals surface area contributed by atoms with Gasteiger partial charge < -0.3 is 0 Å². The van der Waals surface area contributed by atoms with E-state index in [9.17, 15) is 23.2 Å². The molecule has 156 valence electrons. The van der Waals surface area contributed by atoms with Crippen LogP contribution in [0.1, 0.15) is 11.1 Å². The van der Waals surface area contributed by atoms with Crippen LogP contribution in [0.25, 0.3) is 6.08 Å². The average molecular weight is 495 g/mol. The molecule has 2 atom stereocenters. The van der Waals surface area contributed by atoms with E-state index in [1.807, 2.05) is 0 Å². The number of amides is 2. The van der Waals surface area contributed by atoms with Gasteiger partial charge in [0.15, 0.2) is 0 Å². The fraction of sp³-hybridized carbons (Fsp3) is 0.150. The summed E-state index contributed by atoms with van der Waals surface area (Å²) in [4.78, 5) is 34.5. The third-order valence-corrected chi connectivity index (χ3v) is 5.99. The second kappa shape index (κ2) is 9.45. The van der Waals surface area contributed by atoms with Gasteiger partial charge in [0.05, 0.1) is 4.91 Å². The number of benzene rings is 2. The summed E-state index contributed by atoms with van der Waals surface area (Å²) in [6.07, 6.45) is 1.56. The molecule has 0 aromatic heterocycles. The van der Waals surface area contributed by atoms with Crippen molar-refractivity contribution in [2.24, 2.45) is 0 Å². The Morgan fingerprint density at radius 1 is 1.17 bits per heavy atom. The first-order valence-corrected chi connectivity index (χ1v) is 10.8. The fourth-order valence-corrected chi connectivity index (χ4v) is 4.11. The van der Waals surface area contributed by atoms with Gasteiger partial charge in [-0.3, -0.25) is 14.9 Å². The molecule has 0 aliphatic carbocycles. The molecule has 0 radical (unpaired) electrons. The van der Waals surface area contributed by atoms with Crippen LogP contribution in [0.5, 0.6) is 11.5 Å². The number of carbonyl (C=O) groups excluding carboxylic acids is 3. The monoisotopic (exact) mass is 495 g/mol. The van der Waals surface area contributed by atoms with Gasteiger partial charge in [-0.25, -0.2) is 0 Å². The van der Waals surface area contributed by atoms with Crippen molar-refractivity contribution < 1.29 is 32.6 Å². The van der Waals surface area contributed by atoms with E-state index in [-0.39, 0.29) is 28.4 Å². The number of hydrogen-bond acceptors (Lipinski definition) is 6. The number of imide groups is 1. The number of hydrogen-bond donors (Lipinski definition) is 1. The zero-order valence-corrected chi connectivity index (χ0v) is 18.8. The van der Waals surface area contributed by atoms with Crippen LogP contribution < -0.4 is 10.1 Å². The molecular formula is C20H16AsF2NO5S. The van der Waals surface area contributed by atoms with Crippen molar-refractivity contribution in [3.8, 4) is 11.5 Å². The molecule has 2 aromatic rings. The summed E-state index contributed by atoms with van der Waals surface area (Å²) in [5.41, 5.74) is 0.693. The van der Waals surface area contributed by atoms with E-state index in [0.29, 0.717) is 5.56 Å². The summed E-state index contributed by atoms with van der Waals surface area (Å²) in [6.45, 7) is 0. The zero-order chi connectivity index (χ0) is 21.8. The minimum atomic E-state index is -1.15. The Bertz CT molecular complexity index is 1040. The first-order valence-electron chi connectivity index (χ1n) is 8.61. The van der Waals surface area contributed by atoms with E-state index in [1.165, 1.54) is 37.5 Å². The van der Waals surface area contributed by atoms with Gasteiger partial charge in [0.1, 0.15) is 0 Å². The zero-order valence-electron chi connectivity index (χ0n) is 15.6. The number of rotatable bonds is 6. The van der Waals surface area contributed by atoms with Crippen LogP contribution in [0.15, 0.2) is 41.3 Å². The van der Waals surface area contributed by atoms with Crippen molar-refractivity contribution in [1.29, 1.82) is 0 Å².